The van der Waals surface area contributed by atoms with Gasteiger partial charge in [0.05, 0.1) is 7.11 Å². The number of hydrogen-bond acceptors (Lipinski definition) is 3. The van der Waals surface area contributed by atoms with Crippen LogP contribution in [0.5, 0.6) is 5.75 Å². The number of hydrogen-bond donors (Lipinski definition) is 2. The summed E-state index contributed by atoms with van der Waals surface area (Å²) >= 11 is 0. The van der Waals surface area contributed by atoms with Crippen LogP contribution in [0.3, 0.4) is 0 Å². The Morgan fingerprint density at radius 2 is 1.95 bits per heavy atom. The van der Waals surface area contributed by atoms with Gasteiger partial charge in [0.1, 0.15) is 5.75 Å². The summed E-state index contributed by atoms with van der Waals surface area (Å²) in [4.78, 5) is 0. The molecule has 1 rings (SSSR count). The number of aliphatic hydroxyl groups is 1. The van der Waals surface area contributed by atoms with Crippen molar-refractivity contribution in [3.8, 4) is 5.75 Å². The zero-order valence-electron chi connectivity index (χ0n) is 12.5. The molecule has 3 N–H and O–H groups in total. The van der Waals surface area contributed by atoms with Gasteiger partial charge in [-0.3, -0.25) is 0 Å². The van der Waals surface area contributed by atoms with Gasteiger partial charge in [-0.1, -0.05) is 32.9 Å². The lowest BCUT2D eigenvalue weighted by molar-refractivity contribution is 0.187. The van der Waals surface area contributed by atoms with E-state index in [0.29, 0.717) is 18.4 Å². The second kappa shape index (κ2) is 7.51. The molecule has 0 radical (unpaired) electrons. The minimum Gasteiger partial charge on any atom is -0.496 e. The maximum atomic E-state index is 9.30. The molecule has 1 aromatic carbocycles. The Morgan fingerprint density at radius 1 is 1.26 bits per heavy atom. The zero-order valence-corrected chi connectivity index (χ0v) is 12.5. The summed E-state index contributed by atoms with van der Waals surface area (Å²) < 4.78 is 5.40. The Labute approximate surface area is 116 Å². The van der Waals surface area contributed by atoms with Crippen molar-refractivity contribution in [1.29, 1.82) is 0 Å². The Hall–Kier alpha value is -1.06. The monoisotopic (exact) mass is 265 g/mol. The Balaban J connectivity index is 2.87. The fraction of sp³-hybridized carbons (Fsp3) is 0.625. The van der Waals surface area contributed by atoms with Crippen LogP contribution < -0.4 is 10.5 Å². The van der Waals surface area contributed by atoms with E-state index in [2.05, 4.69) is 32.9 Å². The summed E-state index contributed by atoms with van der Waals surface area (Å²) in [7, 11) is 1.71. The molecule has 1 aromatic rings. The van der Waals surface area contributed by atoms with Crippen molar-refractivity contribution < 1.29 is 9.84 Å². The van der Waals surface area contributed by atoms with E-state index in [9.17, 15) is 5.11 Å². The second-order valence-corrected chi connectivity index (χ2v) is 5.59. The molecule has 0 aliphatic heterocycles. The molecule has 0 amide bonds. The first-order valence-corrected chi connectivity index (χ1v) is 7.01. The first kappa shape index (κ1) is 16.0. The lowest BCUT2D eigenvalue weighted by atomic mass is 9.87. The first-order valence-electron chi connectivity index (χ1n) is 7.01. The van der Waals surface area contributed by atoms with E-state index in [-0.39, 0.29) is 12.5 Å². The van der Waals surface area contributed by atoms with Crippen LogP contribution in [-0.2, 0) is 6.42 Å². The number of nitrogens with two attached hydrogens (primary N) is 1. The maximum Gasteiger partial charge on any atom is 0.122 e. The van der Waals surface area contributed by atoms with E-state index >= 15 is 0 Å². The molecule has 0 fully saturated rings. The van der Waals surface area contributed by atoms with Gasteiger partial charge in [-0.2, -0.15) is 0 Å². The van der Waals surface area contributed by atoms with Crippen LogP contribution >= 0.6 is 0 Å². The number of aliphatic hydroxyl groups excluding tert-OH is 1. The third kappa shape index (κ3) is 4.22. The van der Waals surface area contributed by atoms with Gasteiger partial charge in [-0.05, 0) is 47.9 Å². The third-order valence-corrected chi connectivity index (χ3v) is 3.82. The molecule has 0 bridgehead atoms. The van der Waals surface area contributed by atoms with E-state index in [0.717, 1.165) is 12.2 Å². The highest BCUT2D eigenvalue weighted by Crippen LogP contribution is 2.28. The molecule has 3 heteroatoms. The molecular formula is C16H27NO2. The van der Waals surface area contributed by atoms with Crippen LogP contribution in [0.2, 0.25) is 0 Å². The Bertz CT molecular complexity index is 386. The summed E-state index contributed by atoms with van der Waals surface area (Å²) in [5.74, 6) is 1.94. The van der Waals surface area contributed by atoms with Crippen molar-refractivity contribution >= 4 is 0 Å². The highest BCUT2D eigenvalue weighted by molar-refractivity contribution is 5.39. The molecule has 2 unspecified atom stereocenters. The highest BCUT2D eigenvalue weighted by Gasteiger charge is 2.16. The quantitative estimate of drug-likeness (QED) is 0.796. The number of ether oxygens (including phenoxy) is 1. The average Bonchev–Trinajstić information content (AvgIpc) is 2.40. The summed E-state index contributed by atoms with van der Waals surface area (Å²) in [6.45, 7) is 7.17. The van der Waals surface area contributed by atoms with Gasteiger partial charge in [-0.25, -0.2) is 0 Å². The standard InChI is InChI=1S/C16H27NO2/c1-11(2)15-8-13(5-6-16(15)19-4)7-12(3)14(9-17)10-18/h5-6,8,11-12,14,18H,7,9-10,17H2,1-4H3. The zero-order chi connectivity index (χ0) is 14.4. The van der Waals surface area contributed by atoms with Gasteiger partial charge in [0.2, 0.25) is 0 Å². The van der Waals surface area contributed by atoms with Crippen molar-refractivity contribution in [3.05, 3.63) is 29.3 Å². The molecule has 0 aliphatic carbocycles. The largest absolute Gasteiger partial charge is 0.496 e. The van der Waals surface area contributed by atoms with Crippen LogP contribution in [0.1, 0.15) is 37.8 Å². The van der Waals surface area contributed by atoms with E-state index in [1.165, 1.54) is 11.1 Å². The maximum absolute atomic E-state index is 9.30. The summed E-state index contributed by atoms with van der Waals surface area (Å²) in [6.07, 6.45) is 0.937. The Morgan fingerprint density at radius 3 is 2.42 bits per heavy atom. The van der Waals surface area contributed by atoms with Crippen LogP contribution in [0.4, 0.5) is 0 Å². The van der Waals surface area contributed by atoms with Gasteiger partial charge in [0, 0.05) is 6.61 Å². The lowest BCUT2D eigenvalue weighted by Gasteiger charge is -2.21. The first-order chi connectivity index (χ1) is 9.03. The molecule has 2 atom stereocenters. The van der Waals surface area contributed by atoms with Crippen molar-refractivity contribution in [2.45, 2.75) is 33.1 Å². The molecule has 0 saturated carbocycles. The fourth-order valence-electron chi connectivity index (χ4n) is 2.39. The van der Waals surface area contributed by atoms with Crippen molar-refractivity contribution in [1.82, 2.24) is 0 Å². The predicted octanol–water partition coefficient (Wildman–Crippen LogP) is 2.56. The van der Waals surface area contributed by atoms with E-state index in [4.69, 9.17) is 10.5 Å². The van der Waals surface area contributed by atoms with Gasteiger partial charge in [0.15, 0.2) is 0 Å². The third-order valence-electron chi connectivity index (χ3n) is 3.82. The van der Waals surface area contributed by atoms with Gasteiger partial charge in [-0.15, -0.1) is 0 Å². The normalized spacial score (nSPS) is 14.5. The summed E-state index contributed by atoms with van der Waals surface area (Å²) in [5, 5.41) is 9.30. The number of rotatable bonds is 7. The molecule has 19 heavy (non-hydrogen) atoms. The van der Waals surface area contributed by atoms with Crippen LogP contribution in [0.15, 0.2) is 18.2 Å². The van der Waals surface area contributed by atoms with E-state index in [1.54, 1.807) is 7.11 Å². The Kier molecular flexibility index (Phi) is 6.32. The highest BCUT2D eigenvalue weighted by atomic mass is 16.5. The van der Waals surface area contributed by atoms with E-state index < -0.39 is 0 Å². The smallest absolute Gasteiger partial charge is 0.122 e. The van der Waals surface area contributed by atoms with Crippen molar-refractivity contribution in [3.63, 3.8) is 0 Å². The van der Waals surface area contributed by atoms with Crippen molar-refractivity contribution in [2.75, 3.05) is 20.3 Å². The molecule has 0 spiro atoms. The minimum absolute atomic E-state index is 0.158. The molecule has 0 aliphatic rings. The molecule has 0 aromatic heterocycles. The topological polar surface area (TPSA) is 55.5 Å². The van der Waals surface area contributed by atoms with E-state index in [1.807, 2.05) is 6.07 Å². The number of methoxy groups -OCH3 is 1. The molecular weight excluding hydrogens is 238 g/mol. The molecule has 3 nitrogen and oxygen atoms in total. The van der Waals surface area contributed by atoms with Crippen LogP contribution in [-0.4, -0.2) is 25.4 Å². The van der Waals surface area contributed by atoms with Gasteiger partial charge < -0.3 is 15.6 Å². The molecule has 108 valence electrons. The summed E-state index contributed by atoms with van der Waals surface area (Å²) in [6, 6.07) is 6.35. The van der Waals surface area contributed by atoms with Crippen LogP contribution in [0.25, 0.3) is 0 Å². The van der Waals surface area contributed by atoms with Crippen molar-refractivity contribution in [2.24, 2.45) is 17.6 Å². The van der Waals surface area contributed by atoms with Gasteiger partial charge in [0.25, 0.3) is 0 Å². The van der Waals surface area contributed by atoms with Crippen LogP contribution in [0, 0.1) is 11.8 Å². The molecule has 0 heterocycles. The number of benzene rings is 1. The predicted molar refractivity (Wildman–Crippen MR) is 79.6 cm³/mol. The SMILES string of the molecule is COc1ccc(CC(C)C(CN)CO)cc1C(C)C. The lowest BCUT2D eigenvalue weighted by Crippen LogP contribution is -2.26. The second-order valence-electron chi connectivity index (χ2n) is 5.59. The minimum atomic E-state index is 0.158. The summed E-state index contributed by atoms with van der Waals surface area (Å²) in [5.41, 5.74) is 8.20. The van der Waals surface area contributed by atoms with Gasteiger partial charge >= 0.3 is 0 Å². The average molecular weight is 265 g/mol. The molecule has 0 saturated heterocycles. The fourth-order valence-corrected chi connectivity index (χ4v) is 2.39.